The first-order chi connectivity index (χ1) is 10.8. The Morgan fingerprint density at radius 2 is 2.05 bits per heavy atom. The third-order valence-corrected chi connectivity index (χ3v) is 4.15. The average molecular weight is 292 g/mol. The molecular formula is C17H16N4O. The maximum absolute atomic E-state index is 12.3. The van der Waals surface area contributed by atoms with Gasteiger partial charge in [0, 0.05) is 36.0 Å². The standard InChI is InChI=1S/C17H16N4O/c22-17-11-14(12-4-2-1-3-5-12)19-16-10-15(20-21(16)17)13-6-8-18-9-7-13/h1-2,6-12,20H,3-5H2. The molecule has 1 N–H and O–H groups in total. The van der Waals surface area contributed by atoms with Crippen molar-refractivity contribution in [1.82, 2.24) is 19.6 Å². The van der Waals surface area contributed by atoms with Crippen LogP contribution in [0.1, 0.15) is 30.9 Å². The molecule has 0 aliphatic heterocycles. The molecule has 1 aliphatic rings. The molecular weight excluding hydrogens is 276 g/mol. The molecule has 0 bridgehead atoms. The molecule has 22 heavy (non-hydrogen) atoms. The lowest BCUT2D eigenvalue weighted by Gasteiger charge is -2.16. The molecule has 3 aromatic heterocycles. The van der Waals surface area contributed by atoms with Crippen molar-refractivity contribution in [2.75, 3.05) is 0 Å². The fourth-order valence-electron chi connectivity index (χ4n) is 2.96. The first kappa shape index (κ1) is 13.0. The Balaban J connectivity index is 1.81. The van der Waals surface area contributed by atoms with Crippen LogP contribution in [0.25, 0.3) is 16.9 Å². The molecule has 1 atom stereocenters. The van der Waals surface area contributed by atoms with Crippen molar-refractivity contribution < 1.29 is 0 Å². The number of hydrogen-bond acceptors (Lipinski definition) is 3. The van der Waals surface area contributed by atoms with Crippen LogP contribution in [0.15, 0.2) is 53.6 Å². The van der Waals surface area contributed by atoms with Crippen LogP contribution in [0.5, 0.6) is 0 Å². The fraction of sp³-hybridized carbons (Fsp3) is 0.235. The molecule has 3 heterocycles. The number of pyridine rings is 1. The number of hydrogen-bond donors (Lipinski definition) is 1. The zero-order valence-corrected chi connectivity index (χ0v) is 12.1. The van der Waals surface area contributed by atoms with Crippen molar-refractivity contribution in [2.45, 2.75) is 25.2 Å². The molecule has 0 saturated heterocycles. The number of nitrogens with one attached hydrogen (secondary N) is 1. The number of aromatic nitrogens is 4. The number of allylic oxidation sites excluding steroid dienone is 2. The van der Waals surface area contributed by atoms with Crippen LogP contribution in [0.2, 0.25) is 0 Å². The van der Waals surface area contributed by atoms with Crippen LogP contribution in [-0.2, 0) is 0 Å². The van der Waals surface area contributed by atoms with E-state index < -0.39 is 0 Å². The molecule has 0 spiro atoms. The summed E-state index contributed by atoms with van der Waals surface area (Å²) >= 11 is 0. The quantitative estimate of drug-likeness (QED) is 0.739. The summed E-state index contributed by atoms with van der Waals surface area (Å²) in [5, 5.41) is 3.11. The lowest BCUT2D eigenvalue weighted by molar-refractivity contribution is 0.599. The van der Waals surface area contributed by atoms with Crippen LogP contribution in [0.4, 0.5) is 0 Å². The van der Waals surface area contributed by atoms with Gasteiger partial charge >= 0.3 is 0 Å². The largest absolute Gasteiger partial charge is 0.289 e. The smallest absolute Gasteiger partial charge is 0.272 e. The van der Waals surface area contributed by atoms with Gasteiger partial charge in [-0.05, 0) is 31.4 Å². The topological polar surface area (TPSA) is 63.0 Å². The van der Waals surface area contributed by atoms with Gasteiger partial charge in [0.25, 0.3) is 5.56 Å². The Morgan fingerprint density at radius 1 is 1.18 bits per heavy atom. The third kappa shape index (κ3) is 2.24. The van der Waals surface area contributed by atoms with Gasteiger partial charge in [-0.2, -0.15) is 0 Å². The van der Waals surface area contributed by atoms with Gasteiger partial charge in [0.2, 0.25) is 0 Å². The van der Waals surface area contributed by atoms with Crippen molar-refractivity contribution in [2.24, 2.45) is 0 Å². The molecule has 3 aromatic rings. The minimum atomic E-state index is -0.0603. The van der Waals surface area contributed by atoms with Crippen LogP contribution < -0.4 is 5.56 Å². The maximum atomic E-state index is 12.3. The minimum Gasteiger partial charge on any atom is -0.289 e. The lowest BCUT2D eigenvalue weighted by Crippen LogP contribution is -2.17. The predicted octanol–water partition coefficient (Wildman–Crippen LogP) is 2.91. The first-order valence-corrected chi connectivity index (χ1v) is 7.49. The van der Waals surface area contributed by atoms with Crippen LogP contribution in [0.3, 0.4) is 0 Å². The number of nitrogens with zero attached hydrogens (tertiary/aromatic N) is 3. The number of aromatic amines is 1. The van der Waals surface area contributed by atoms with E-state index in [4.69, 9.17) is 0 Å². The van der Waals surface area contributed by atoms with Gasteiger partial charge < -0.3 is 0 Å². The van der Waals surface area contributed by atoms with Crippen molar-refractivity contribution in [3.8, 4) is 11.3 Å². The van der Waals surface area contributed by atoms with Gasteiger partial charge in [-0.15, -0.1) is 0 Å². The number of fused-ring (bicyclic) bond motifs is 1. The van der Waals surface area contributed by atoms with E-state index in [0.29, 0.717) is 11.6 Å². The minimum absolute atomic E-state index is 0.0603. The van der Waals surface area contributed by atoms with E-state index in [2.05, 4.69) is 27.2 Å². The van der Waals surface area contributed by atoms with E-state index in [0.717, 1.165) is 36.2 Å². The summed E-state index contributed by atoms with van der Waals surface area (Å²) in [7, 11) is 0. The second-order valence-corrected chi connectivity index (χ2v) is 5.60. The second-order valence-electron chi connectivity index (χ2n) is 5.60. The molecule has 1 aliphatic carbocycles. The summed E-state index contributed by atoms with van der Waals surface area (Å²) in [6, 6.07) is 7.38. The average Bonchev–Trinajstić information content (AvgIpc) is 3.01. The van der Waals surface area contributed by atoms with E-state index in [9.17, 15) is 4.79 Å². The van der Waals surface area contributed by atoms with Gasteiger partial charge in [-0.1, -0.05) is 12.2 Å². The molecule has 0 radical (unpaired) electrons. The SMILES string of the molecule is O=c1cc(C2CC=CCC2)nc2cc(-c3ccncc3)[nH]n12. The zero-order chi connectivity index (χ0) is 14.9. The van der Waals surface area contributed by atoms with Crippen molar-refractivity contribution in [3.63, 3.8) is 0 Å². The van der Waals surface area contributed by atoms with Crippen LogP contribution >= 0.6 is 0 Å². The highest BCUT2D eigenvalue weighted by molar-refractivity contribution is 5.63. The van der Waals surface area contributed by atoms with Gasteiger partial charge in [0.1, 0.15) is 0 Å². The predicted molar refractivity (Wildman–Crippen MR) is 84.8 cm³/mol. The lowest BCUT2D eigenvalue weighted by atomic mass is 9.91. The molecule has 0 saturated carbocycles. The molecule has 5 nitrogen and oxygen atoms in total. The Labute approximate surface area is 127 Å². The molecule has 0 fully saturated rings. The van der Waals surface area contributed by atoms with Crippen molar-refractivity contribution in [1.29, 1.82) is 0 Å². The molecule has 0 aromatic carbocycles. The van der Waals surface area contributed by atoms with E-state index in [1.807, 2.05) is 18.2 Å². The number of rotatable bonds is 2. The van der Waals surface area contributed by atoms with Crippen LogP contribution in [0, 0.1) is 0 Å². The van der Waals surface area contributed by atoms with Gasteiger partial charge in [0.05, 0.1) is 11.4 Å². The highest BCUT2D eigenvalue weighted by Crippen LogP contribution is 2.27. The van der Waals surface area contributed by atoms with Gasteiger partial charge in [-0.25, -0.2) is 9.50 Å². The third-order valence-electron chi connectivity index (χ3n) is 4.15. The Kier molecular flexibility index (Phi) is 3.11. The van der Waals surface area contributed by atoms with E-state index >= 15 is 0 Å². The van der Waals surface area contributed by atoms with E-state index in [1.165, 1.54) is 4.52 Å². The first-order valence-electron chi connectivity index (χ1n) is 7.49. The van der Waals surface area contributed by atoms with Gasteiger partial charge in [-0.3, -0.25) is 14.9 Å². The fourth-order valence-corrected chi connectivity index (χ4v) is 2.96. The molecule has 0 amide bonds. The van der Waals surface area contributed by atoms with E-state index in [1.54, 1.807) is 18.5 Å². The molecule has 110 valence electrons. The Morgan fingerprint density at radius 3 is 2.82 bits per heavy atom. The molecule has 5 heteroatoms. The summed E-state index contributed by atoms with van der Waals surface area (Å²) in [5.74, 6) is 0.349. The summed E-state index contributed by atoms with van der Waals surface area (Å²) < 4.78 is 1.50. The zero-order valence-electron chi connectivity index (χ0n) is 12.1. The highest BCUT2D eigenvalue weighted by atomic mass is 16.1. The maximum Gasteiger partial charge on any atom is 0.272 e. The van der Waals surface area contributed by atoms with Gasteiger partial charge in [0.15, 0.2) is 5.65 Å². The molecule has 1 unspecified atom stereocenters. The summed E-state index contributed by atoms with van der Waals surface area (Å²) in [5.41, 5.74) is 3.36. The summed E-state index contributed by atoms with van der Waals surface area (Å²) in [6.07, 6.45) is 10.9. The highest BCUT2D eigenvalue weighted by Gasteiger charge is 2.16. The van der Waals surface area contributed by atoms with Crippen LogP contribution in [-0.4, -0.2) is 19.6 Å². The normalized spacial score (nSPS) is 17.9. The molecule has 4 rings (SSSR count). The van der Waals surface area contributed by atoms with Crippen molar-refractivity contribution >= 4 is 5.65 Å². The Hall–Kier alpha value is -2.69. The van der Waals surface area contributed by atoms with Crippen molar-refractivity contribution in [3.05, 3.63) is 64.9 Å². The summed E-state index contributed by atoms with van der Waals surface area (Å²) in [4.78, 5) is 21.0. The Bertz CT molecular complexity index is 892. The summed E-state index contributed by atoms with van der Waals surface area (Å²) in [6.45, 7) is 0. The second kappa shape index (κ2) is 5.26. The number of H-pyrrole nitrogens is 1. The van der Waals surface area contributed by atoms with E-state index in [-0.39, 0.29) is 5.56 Å². The monoisotopic (exact) mass is 292 g/mol.